The lowest BCUT2D eigenvalue weighted by atomic mass is 9.93. The Kier molecular flexibility index (Phi) is 12.9. The predicted molar refractivity (Wildman–Crippen MR) is 185 cm³/mol. The zero-order valence-corrected chi connectivity index (χ0v) is 27.6. The molecule has 0 saturated carbocycles. The van der Waals surface area contributed by atoms with E-state index in [0.29, 0.717) is 38.6 Å². The van der Waals surface area contributed by atoms with Gasteiger partial charge in [-0.15, -0.1) is 0 Å². The summed E-state index contributed by atoms with van der Waals surface area (Å²) in [4.78, 5) is 28.0. The van der Waals surface area contributed by atoms with Gasteiger partial charge in [-0.2, -0.15) is 0 Å². The standard InChI is InChI=1S/C32H32N2O5.C4H10.CH4O/c1-5-8-17-34(7-3)21-14-16-25-27(19-21)39-32(37)29-28(22-11-9-10-12-23(22)31(35)36)24-15-13-20(33(4)6-2)18-26(24)38-30(25)29;1-3-4-2;1-2/h9-16,18-19H,5-8,17H2,1-4H3;3-4H2,1-2H3;2H,1H3/p+1. The molecule has 0 aliphatic heterocycles. The number of aliphatic hydroxyl groups excluding tert-OH is 1. The van der Waals surface area contributed by atoms with Crippen LogP contribution in [0.1, 0.15) is 70.7 Å². The van der Waals surface area contributed by atoms with Gasteiger partial charge in [-0.05, 0) is 43.7 Å². The minimum absolute atomic E-state index is 0.102. The van der Waals surface area contributed by atoms with Gasteiger partial charge in [-0.25, -0.2) is 14.2 Å². The van der Waals surface area contributed by atoms with Crippen LogP contribution in [0.2, 0.25) is 0 Å². The molecule has 0 unspecified atom stereocenters. The summed E-state index contributed by atoms with van der Waals surface area (Å²) in [5, 5.41) is 19.5. The fourth-order valence-electron chi connectivity index (χ4n) is 5.13. The minimum atomic E-state index is -1.07. The second-order valence-corrected chi connectivity index (χ2v) is 10.7. The minimum Gasteiger partial charge on any atom is -0.478 e. The molecular formula is C37H47N2O6+. The van der Waals surface area contributed by atoms with E-state index in [1.807, 2.05) is 43.4 Å². The lowest BCUT2D eigenvalue weighted by molar-refractivity contribution is 0.0697. The van der Waals surface area contributed by atoms with Crippen molar-refractivity contribution >= 4 is 44.6 Å². The number of nitrogens with zero attached hydrogens (tertiary/aromatic N) is 2. The molecule has 3 aromatic carbocycles. The van der Waals surface area contributed by atoms with E-state index >= 15 is 0 Å². The second kappa shape index (κ2) is 16.6. The number of fused-ring (bicyclic) bond motifs is 4. The maximum absolute atomic E-state index is 13.7. The summed E-state index contributed by atoms with van der Waals surface area (Å²) in [6.07, 6.45) is 4.79. The van der Waals surface area contributed by atoms with Gasteiger partial charge in [0.2, 0.25) is 5.36 Å². The summed E-state index contributed by atoms with van der Waals surface area (Å²) in [5.41, 5.74) is 2.79. The van der Waals surface area contributed by atoms with Crippen LogP contribution in [0.25, 0.3) is 44.0 Å². The quantitative estimate of drug-likeness (QED) is 0.0764. The fraction of sp³-hybridized carbons (Fsp3) is 0.378. The number of carboxylic acid groups (broad SMARTS) is 1. The largest absolute Gasteiger partial charge is 0.478 e. The Balaban J connectivity index is 0.000000853. The number of rotatable bonds is 9. The van der Waals surface area contributed by atoms with Crippen LogP contribution in [0.3, 0.4) is 0 Å². The van der Waals surface area contributed by atoms with E-state index in [0.717, 1.165) is 50.6 Å². The summed E-state index contributed by atoms with van der Waals surface area (Å²) >= 11 is 0. The van der Waals surface area contributed by atoms with Crippen molar-refractivity contribution < 1.29 is 23.8 Å². The van der Waals surface area contributed by atoms with Crippen molar-refractivity contribution in [1.29, 1.82) is 0 Å². The van der Waals surface area contributed by atoms with Crippen LogP contribution < -0.4 is 20.5 Å². The van der Waals surface area contributed by atoms with Gasteiger partial charge in [-0.3, -0.25) is 0 Å². The number of unbranched alkanes of at least 4 members (excludes halogenated alkanes) is 2. The van der Waals surface area contributed by atoms with Gasteiger partial charge in [0.1, 0.15) is 29.6 Å². The first-order valence-corrected chi connectivity index (χ1v) is 15.8. The normalized spacial score (nSPS) is 11.5. The summed E-state index contributed by atoms with van der Waals surface area (Å²) < 4.78 is 14.6. The lowest BCUT2D eigenvalue weighted by Gasteiger charge is -2.18. The van der Waals surface area contributed by atoms with Crippen LogP contribution in [0, 0.1) is 0 Å². The first-order valence-electron chi connectivity index (χ1n) is 15.8. The summed E-state index contributed by atoms with van der Waals surface area (Å²) in [6.45, 7) is 13.2. The Labute approximate surface area is 264 Å². The molecule has 8 nitrogen and oxygen atoms in total. The van der Waals surface area contributed by atoms with E-state index in [2.05, 4.69) is 44.1 Å². The first kappa shape index (κ1) is 35.1. The molecule has 0 aliphatic rings. The van der Waals surface area contributed by atoms with Crippen LogP contribution in [0.5, 0.6) is 0 Å². The Bertz CT molecular complexity index is 1880. The van der Waals surface area contributed by atoms with E-state index in [9.17, 15) is 14.7 Å². The van der Waals surface area contributed by atoms with Crippen molar-refractivity contribution in [2.45, 2.75) is 60.3 Å². The Morgan fingerprint density at radius 2 is 1.51 bits per heavy atom. The number of carboxylic acids is 1. The van der Waals surface area contributed by atoms with Crippen molar-refractivity contribution in [2.24, 2.45) is 0 Å². The van der Waals surface area contributed by atoms with Crippen molar-refractivity contribution in [3.8, 4) is 11.1 Å². The Morgan fingerprint density at radius 3 is 2.13 bits per heavy atom. The highest BCUT2D eigenvalue weighted by molar-refractivity contribution is 6.16. The van der Waals surface area contributed by atoms with E-state index in [-0.39, 0.29) is 10.9 Å². The molecule has 2 N–H and O–H groups in total. The van der Waals surface area contributed by atoms with E-state index < -0.39 is 11.6 Å². The monoisotopic (exact) mass is 615 g/mol. The summed E-state index contributed by atoms with van der Waals surface area (Å²) in [5.74, 6) is -1.07. The van der Waals surface area contributed by atoms with Gasteiger partial charge in [0.15, 0.2) is 5.58 Å². The van der Waals surface area contributed by atoms with Crippen molar-refractivity contribution in [1.82, 2.24) is 4.58 Å². The molecule has 2 aromatic heterocycles. The Morgan fingerprint density at radius 1 is 0.844 bits per heavy atom. The maximum atomic E-state index is 13.7. The van der Waals surface area contributed by atoms with Crippen molar-refractivity contribution in [3.05, 3.63) is 82.0 Å². The molecule has 0 atom stereocenters. The van der Waals surface area contributed by atoms with Crippen LogP contribution in [0.15, 0.2) is 74.3 Å². The molecule has 0 bridgehead atoms. The number of hydrogen-bond donors (Lipinski definition) is 2. The molecule has 0 aliphatic carbocycles. The number of aromatic carboxylic acids is 1. The molecule has 5 aromatic rings. The second-order valence-electron chi connectivity index (χ2n) is 10.7. The predicted octanol–water partition coefficient (Wildman–Crippen LogP) is 7.52. The van der Waals surface area contributed by atoms with Gasteiger partial charge in [0.05, 0.1) is 17.0 Å². The highest BCUT2D eigenvalue weighted by atomic mass is 16.4. The van der Waals surface area contributed by atoms with Crippen LogP contribution >= 0.6 is 0 Å². The highest BCUT2D eigenvalue weighted by Gasteiger charge is 2.23. The third kappa shape index (κ3) is 7.63. The van der Waals surface area contributed by atoms with E-state index in [1.54, 1.807) is 24.3 Å². The van der Waals surface area contributed by atoms with Gasteiger partial charge < -0.3 is 23.9 Å². The third-order valence-corrected chi connectivity index (χ3v) is 7.91. The number of aliphatic hydroxyl groups is 1. The SMILES string of the molecule is CCCC.CCCC[N+](CC)=c1ccc2c(c1)oc(=O)c1c(-c3ccccc3C(=O)O)c3ccc(N(C)CC)cc3oc12.CO. The van der Waals surface area contributed by atoms with Gasteiger partial charge in [0, 0.05) is 55.9 Å². The van der Waals surface area contributed by atoms with E-state index in [4.69, 9.17) is 13.9 Å². The number of benzene rings is 3. The van der Waals surface area contributed by atoms with Crippen LogP contribution in [-0.4, -0.2) is 50.0 Å². The molecule has 2 heterocycles. The number of hydrogen-bond acceptors (Lipinski definition) is 6. The topological polar surface area (TPSA) is 107 Å². The number of anilines is 1. The van der Waals surface area contributed by atoms with E-state index in [1.165, 1.54) is 12.8 Å². The highest BCUT2D eigenvalue weighted by Crippen LogP contribution is 2.39. The zero-order chi connectivity index (χ0) is 33.1. The van der Waals surface area contributed by atoms with Crippen molar-refractivity contribution in [3.63, 3.8) is 0 Å². The smallest absolute Gasteiger partial charge is 0.348 e. The molecular weight excluding hydrogens is 568 g/mol. The first-order chi connectivity index (χ1) is 21.8. The molecule has 0 fully saturated rings. The molecule has 0 spiro atoms. The average molecular weight is 616 g/mol. The van der Waals surface area contributed by atoms with Crippen LogP contribution in [-0.2, 0) is 0 Å². The molecule has 0 saturated heterocycles. The zero-order valence-electron chi connectivity index (χ0n) is 27.6. The summed E-state index contributed by atoms with van der Waals surface area (Å²) in [6, 6.07) is 18.3. The molecule has 5 rings (SSSR count). The van der Waals surface area contributed by atoms with Gasteiger partial charge >= 0.3 is 11.6 Å². The summed E-state index contributed by atoms with van der Waals surface area (Å²) in [7, 11) is 2.99. The Hall–Kier alpha value is -4.43. The van der Waals surface area contributed by atoms with Crippen molar-refractivity contribution in [2.75, 3.05) is 38.7 Å². The van der Waals surface area contributed by atoms with Crippen LogP contribution in [0.4, 0.5) is 5.69 Å². The lowest BCUT2D eigenvalue weighted by Crippen LogP contribution is -2.30. The van der Waals surface area contributed by atoms with Gasteiger partial charge in [-0.1, -0.05) is 58.2 Å². The van der Waals surface area contributed by atoms with Gasteiger partial charge in [0.25, 0.3) is 0 Å². The maximum Gasteiger partial charge on any atom is 0.348 e. The molecule has 45 heavy (non-hydrogen) atoms. The molecule has 0 amide bonds. The third-order valence-electron chi connectivity index (χ3n) is 7.91. The molecule has 8 heteroatoms. The molecule has 240 valence electrons. The fourth-order valence-corrected chi connectivity index (χ4v) is 5.13. The molecule has 0 radical (unpaired) electrons. The number of carbonyl (C=O) groups is 1. The average Bonchev–Trinajstić information content (AvgIpc) is 3.08.